The SMILES string of the molecule is C1CCSCC1.Cc1ccc(C)cc1. The molecule has 0 N–H and O–H groups in total. The van der Waals surface area contributed by atoms with Gasteiger partial charge in [0.1, 0.15) is 0 Å². The van der Waals surface area contributed by atoms with Gasteiger partial charge in [-0.3, -0.25) is 0 Å². The summed E-state index contributed by atoms with van der Waals surface area (Å²) < 4.78 is 0. The number of hydrogen-bond donors (Lipinski definition) is 0. The normalized spacial score (nSPS) is 15.6. The molecule has 1 heteroatoms. The Kier molecular flexibility index (Phi) is 5.77. The quantitative estimate of drug-likeness (QED) is 0.615. The van der Waals surface area contributed by atoms with E-state index in [9.17, 15) is 0 Å². The molecule has 0 unspecified atom stereocenters. The second-order valence-corrected chi connectivity index (χ2v) is 5.05. The van der Waals surface area contributed by atoms with Crippen LogP contribution >= 0.6 is 11.8 Å². The standard InChI is InChI=1S/C8H10.C5H10S/c1-7-3-5-8(2)6-4-7;1-2-4-6-5-3-1/h3-6H,1-2H3;1-5H2. The molecule has 0 spiro atoms. The van der Waals surface area contributed by atoms with Crippen LogP contribution in [0.1, 0.15) is 30.4 Å². The van der Waals surface area contributed by atoms with Gasteiger partial charge in [0.05, 0.1) is 0 Å². The highest BCUT2D eigenvalue weighted by atomic mass is 32.2. The van der Waals surface area contributed by atoms with E-state index in [1.165, 1.54) is 41.9 Å². The minimum absolute atomic E-state index is 1.33. The average molecular weight is 208 g/mol. The van der Waals surface area contributed by atoms with Gasteiger partial charge >= 0.3 is 0 Å². The molecule has 0 aliphatic carbocycles. The van der Waals surface area contributed by atoms with Gasteiger partial charge in [0.2, 0.25) is 0 Å². The molecule has 0 aromatic heterocycles. The van der Waals surface area contributed by atoms with E-state index in [0.29, 0.717) is 0 Å². The van der Waals surface area contributed by atoms with Crippen molar-refractivity contribution >= 4 is 11.8 Å². The van der Waals surface area contributed by atoms with E-state index >= 15 is 0 Å². The van der Waals surface area contributed by atoms with Crippen LogP contribution in [0.5, 0.6) is 0 Å². The van der Waals surface area contributed by atoms with Crippen molar-refractivity contribution in [2.45, 2.75) is 33.1 Å². The first-order valence-corrected chi connectivity index (χ1v) is 6.55. The predicted molar refractivity (Wildman–Crippen MR) is 67.1 cm³/mol. The number of rotatable bonds is 0. The van der Waals surface area contributed by atoms with Crippen molar-refractivity contribution in [3.8, 4) is 0 Å². The minimum Gasteiger partial charge on any atom is -0.162 e. The average Bonchev–Trinajstić information content (AvgIpc) is 2.26. The van der Waals surface area contributed by atoms with Crippen LogP contribution in [0.2, 0.25) is 0 Å². The highest BCUT2D eigenvalue weighted by Crippen LogP contribution is 2.14. The Hall–Kier alpha value is -0.430. The molecule has 1 aromatic rings. The summed E-state index contributed by atoms with van der Waals surface area (Å²) in [6.45, 7) is 4.19. The lowest BCUT2D eigenvalue weighted by Crippen LogP contribution is -1.91. The van der Waals surface area contributed by atoms with Gasteiger partial charge < -0.3 is 0 Å². The minimum atomic E-state index is 1.33. The van der Waals surface area contributed by atoms with E-state index in [4.69, 9.17) is 0 Å². The van der Waals surface area contributed by atoms with Crippen LogP contribution in [0.4, 0.5) is 0 Å². The monoisotopic (exact) mass is 208 g/mol. The Morgan fingerprint density at radius 2 is 1.21 bits per heavy atom. The lowest BCUT2D eigenvalue weighted by atomic mass is 10.2. The van der Waals surface area contributed by atoms with Crippen LogP contribution in [0, 0.1) is 13.8 Å². The molecule has 0 radical (unpaired) electrons. The number of thioether (sulfide) groups is 1. The molecule has 0 bridgehead atoms. The van der Waals surface area contributed by atoms with Crippen molar-refractivity contribution < 1.29 is 0 Å². The van der Waals surface area contributed by atoms with Gasteiger partial charge in [-0.1, -0.05) is 41.8 Å². The predicted octanol–water partition coefficient (Wildman–Crippen LogP) is 4.21. The molecule has 14 heavy (non-hydrogen) atoms. The largest absolute Gasteiger partial charge is 0.162 e. The van der Waals surface area contributed by atoms with Crippen molar-refractivity contribution in [3.05, 3.63) is 35.4 Å². The number of aryl methyl sites for hydroxylation is 2. The first-order valence-electron chi connectivity index (χ1n) is 5.40. The number of hydrogen-bond acceptors (Lipinski definition) is 1. The lowest BCUT2D eigenvalue weighted by molar-refractivity contribution is 0.764. The van der Waals surface area contributed by atoms with E-state index in [0.717, 1.165) is 0 Å². The second kappa shape index (κ2) is 6.94. The Bertz CT molecular complexity index is 201. The van der Waals surface area contributed by atoms with Crippen LogP contribution in [0.15, 0.2) is 24.3 Å². The van der Waals surface area contributed by atoms with Crippen molar-refractivity contribution in [2.24, 2.45) is 0 Å². The third-order valence-electron chi connectivity index (χ3n) is 2.30. The fourth-order valence-electron chi connectivity index (χ4n) is 1.32. The zero-order chi connectivity index (χ0) is 10.2. The maximum atomic E-state index is 2.12. The topological polar surface area (TPSA) is 0 Å². The number of benzene rings is 1. The molecule has 0 saturated carbocycles. The van der Waals surface area contributed by atoms with Crippen LogP contribution in [0.25, 0.3) is 0 Å². The molecule has 78 valence electrons. The molecular weight excluding hydrogens is 188 g/mol. The van der Waals surface area contributed by atoms with Crippen molar-refractivity contribution in [1.82, 2.24) is 0 Å². The van der Waals surface area contributed by atoms with Gasteiger partial charge in [0.25, 0.3) is 0 Å². The molecule has 1 saturated heterocycles. The van der Waals surface area contributed by atoms with Gasteiger partial charge in [-0.25, -0.2) is 0 Å². The molecule has 1 aliphatic rings. The Labute approximate surface area is 92.1 Å². The Morgan fingerprint density at radius 1 is 0.786 bits per heavy atom. The summed E-state index contributed by atoms with van der Waals surface area (Å²) in [4.78, 5) is 0. The summed E-state index contributed by atoms with van der Waals surface area (Å²) in [6.07, 6.45) is 4.41. The zero-order valence-corrected chi connectivity index (χ0v) is 10.1. The van der Waals surface area contributed by atoms with Crippen molar-refractivity contribution in [1.29, 1.82) is 0 Å². The van der Waals surface area contributed by atoms with E-state index in [-0.39, 0.29) is 0 Å². The Morgan fingerprint density at radius 3 is 1.43 bits per heavy atom. The molecule has 2 rings (SSSR count). The van der Waals surface area contributed by atoms with Gasteiger partial charge in [-0.2, -0.15) is 11.8 Å². The molecule has 0 nitrogen and oxygen atoms in total. The second-order valence-electron chi connectivity index (χ2n) is 3.83. The maximum absolute atomic E-state index is 2.12. The van der Waals surface area contributed by atoms with Crippen molar-refractivity contribution in [2.75, 3.05) is 11.5 Å². The zero-order valence-electron chi connectivity index (χ0n) is 9.25. The molecule has 0 atom stereocenters. The van der Waals surface area contributed by atoms with E-state index < -0.39 is 0 Å². The summed E-state index contributed by atoms with van der Waals surface area (Å²) in [5, 5.41) is 0. The first kappa shape index (κ1) is 11.6. The van der Waals surface area contributed by atoms with Crippen LogP contribution in [0.3, 0.4) is 0 Å². The third-order valence-corrected chi connectivity index (χ3v) is 3.45. The molecule has 0 amide bonds. The summed E-state index contributed by atoms with van der Waals surface area (Å²) in [6, 6.07) is 8.48. The third kappa shape index (κ3) is 5.33. The van der Waals surface area contributed by atoms with Gasteiger partial charge in [-0.05, 0) is 38.2 Å². The van der Waals surface area contributed by atoms with Crippen LogP contribution in [-0.2, 0) is 0 Å². The molecular formula is C13H20S. The summed E-state index contributed by atoms with van der Waals surface area (Å²) in [5.74, 6) is 2.83. The van der Waals surface area contributed by atoms with Gasteiger partial charge in [0, 0.05) is 0 Å². The summed E-state index contributed by atoms with van der Waals surface area (Å²) >= 11 is 2.09. The molecule has 1 aliphatic heterocycles. The summed E-state index contributed by atoms with van der Waals surface area (Å²) in [5.41, 5.74) is 2.66. The highest BCUT2D eigenvalue weighted by Gasteiger charge is 1.95. The lowest BCUT2D eigenvalue weighted by Gasteiger charge is -2.05. The van der Waals surface area contributed by atoms with Crippen molar-refractivity contribution in [3.63, 3.8) is 0 Å². The maximum Gasteiger partial charge on any atom is -0.00675 e. The molecule has 1 fully saturated rings. The fraction of sp³-hybridized carbons (Fsp3) is 0.538. The highest BCUT2D eigenvalue weighted by molar-refractivity contribution is 7.99. The van der Waals surface area contributed by atoms with E-state index in [1.54, 1.807) is 0 Å². The first-order chi connectivity index (χ1) is 6.79. The Balaban J connectivity index is 0.000000146. The van der Waals surface area contributed by atoms with Crippen LogP contribution in [-0.4, -0.2) is 11.5 Å². The summed E-state index contributed by atoms with van der Waals surface area (Å²) in [7, 11) is 0. The van der Waals surface area contributed by atoms with Gasteiger partial charge in [-0.15, -0.1) is 0 Å². The molecule has 1 heterocycles. The van der Waals surface area contributed by atoms with Crippen LogP contribution < -0.4 is 0 Å². The van der Waals surface area contributed by atoms with Gasteiger partial charge in [0.15, 0.2) is 0 Å². The van der Waals surface area contributed by atoms with E-state index in [2.05, 4.69) is 49.9 Å². The molecule has 1 aromatic carbocycles. The smallest absolute Gasteiger partial charge is 0.00675 e. The fourth-order valence-corrected chi connectivity index (χ4v) is 2.34. The van der Waals surface area contributed by atoms with E-state index in [1.807, 2.05) is 0 Å².